The number of carbonyl (C=O) groups excluding carboxylic acids is 2. The molecule has 0 radical (unpaired) electrons. The van der Waals surface area contributed by atoms with Gasteiger partial charge in [0.25, 0.3) is 0 Å². The highest BCUT2D eigenvalue weighted by molar-refractivity contribution is 6.03. The molecule has 0 spiro atoms. The van der Waals surface area contributed by atoms with Gasteiger partial charge in [-0.05, 0) is 31.2 Å². The normalized spacial score (nSPS) is 14.9. The summed E-state index contributed by atoms with van der Waals surface area (Å²) in [7, 11) is 2.52. The number of benzene rings is 1. The molecule has 24 heavy (non-hydrogen) atoms. The van der Waals surface area contributed by atoms with Crippen molar-refractivity contribution < 1.29 is 28.2 Å². The summed E-state index contributed by atoms with van der Waals surface area (Å²) >= 11 is 0. The Hall–Kier alpha value is -2.80. The van der Waals surface area contributed by atoms with E-state index in [-0.39, 0.29) is 24.6 Å². The number of esters is 2. The first kappa shape index (κ1) is 16.1. The largest absolute Gasteiger partial charge is 0.466 e. The fourth-order valence-corrected chi connectivity index (χ4v) is 2.68. The highest BCUT2D eigenvalue weighted by Gasteiger charge is 2.32. The first-order valence-corrected chi connectivity index (χ1v) is 7.30. The van der Waals surface area contributed by atoms with Crippen LogP contribution in [0, 0.1) is 6.92 Å². The zero-order valence-electron chi connectivity index (χ0n) is 13.6. The van der Waals surface area contributed by atoms with Crippen LogP contribution < -0.4 is 4.90 Å². The van der Waals surface area contributed by atoms with Crippen LogP contribution in [0.15, 0.2) is 40.0 Å². The van der Waals surface area contributed by atoms with Crippen LogP contribution in [0.1, 0.15) is 5.76 Å². The number of fused-ring (bicyclic) bond motifs is 1. The number of hydrogen-bond donors (Lipinski definition) is 0. The Bertz CT molecular complexity index is 835. The number of carbonyl (C=O) groups is 2. The van der Waals surface area contributed by atoms with Crippen molar-refractivity contribution in [1.29, 1.82) is 0 Å². The van der Waals surface area contributed by atoms with Gasteiger partial charge in [-0.25, -0.2) is 9.59 Å². The summed E-state index contributed by atoms with van der Waals surface area (Å²) in [5.41, 5.74) is 1.67. The minimum absolute atomic E-state index is 0.0132. The van der Waals surface area contributed by atoms with E-state index in [1.807, 2.05) is 19.1 Å². The van der Waals surface area contributed by atoms with Crippen molar-refractivity contribution in [3.63, 3.8) is 0 Å². The van der Waals surface area contributed by atoms with E-state index in [9.17, 15) is 9.59 Å². The third-order valence-electron chi connectivity index (χ3n) is 3.77. The molecule has 2 heterocycles. The van der Waals surface area contributed by atoms with Gasteiger partial charge in [-0.1, -0.05) is 0 Å². The van der Waals surface area contributed by atoms with Crippen LogP contribution in [-0.4, -0.2) is 39.5 Å². The van der Waals surface area contributed by atoms with Gasteiger partial charge in [0, 0.05) is 11.1 Å². The molecule has 0 saturated carbocycles. The molecule has 0 bridgehead atoms. The Labute approximate surface area is 138 Å². The fraction of sp³-hybridized carbons (Fsp3) is 0.294. The molecule has 2 aromatic rings. The predicted molar refractivity (Wildman–Crippen MR) is 85.3 cm³/mol. The first-order chi connectivity index (χ1) is 11.5. The summed E-state index contributed by atoms with van der Waals surface area (Å²) < 4.78 is 20.6. The van der Waals surface area contributed by atoms with Crippen molar-refractivity contribution in [1.82, 2.24) is 0 Å². The standard InChI is InChI=1S/C17H17NO6/c1-10-6-11-7-12(4-5-14(11)24-10)18-9-23-8-13(16(19)21-2)15(18)17(20)22-3/h4-7H,8-9H2,1-3H3. The zero-order valence-corrected chi connectivity index (χ0v) is 13.6. The molecule has 0 N–H and O–H groups in total. The van der Waals surface area contributed by atoms with Crippen LogP contribution in [0.2, 0.25) is 0 Å². The van der Waals surface area contributed by atoms with Crippen molar-refractivity contribution in [2.45, 2.75) is 6.92 Å². The maximum atomic E-state index is 12.2. The second-order valence-electron chi connectivity index (χ2n) is 5.30. The summed E-state index contributed by atoms with van der Waals surface area (Å²) in [6.45, 7) is 1.97. The molecule has 1 aromatic heterocycles. The van der Waals surface area contributed by atoms with Gasteiger partial charge >= 0.3 is 11.9 Å². The summed E-state index contributed by atoms with van der Waals surface area (Å²) in [6, 6.07) is 7.35. The molecule has 1 aromatic carbocycles. The summed E-state index contributed by atoms with van der Waals surface area (Å²) in [5, 5.41) is 0.888. The maximum absolute atomic E-state index is 12.2. The van der Waals surface area contributed by atoms with Gasteiger partial charge in [0.05, 0.1) is 26.4 Å². The molecule has 0 amide bonds. The minimum Gasteiger partial charge on any atom is -0.466 e. The van der Waals surface area contributed by atoms with Crippen molar-refractivity contribution in [2.75, 3.05) is 32.5 Å². The van der Waals surface area contributed by atoms with Crippen LogP contribution in [-0.2, 0) is 23.8 Å². The van der Waals surface area contributed by atoms with Gasteiger partial charge in [-0.2, -0.15) is 0 Å². The molecule has 1 aliphatic rings. The van der Waals surface area contributed by atoms with Gasteiger partial charge in [-0.15, -0.1) is 0 Å². The molecule has 126 valence electrons. The summed E-state index contributed by atoms with van der Waals surface area (Å²) in [4.78, 5) is 25.8. The van der Waals surface area contributed by atoms with Gasteiger partial charge in [0.1, 0.15) is 23.8 Å². The Morgan fingerprint density at radius 1 is 1.12 bits per heavy atom. The smallest absolute Gasteiger partial charge is 0.355 e. The summed E-state index contributed by atoms with van der Waals surface area (Å²) in [5.74, 6) is -0.460. The van der Waals surface area contributed by atoms with Crippen LogP contribution in [0.5, 0.6) is 0 Å². The van der Waals surface area contributed by atoms with Crippen molar-refractivity contribution in [3.8, 4) is 0 Å². The van der Waals surface area contributed by atoms with Crippen LogP contribution in [0.3, 0.4) is 0 Å². The average molecular weight is 331 g/mol. The second kappa shape index (κ2) is 6.37. The lowest BCUT2D eigenvalue weighted by atomic mass is 10.1. The molecule has 0 aliphatic carbocycles. The number of aryl methyl sites for hydroxylation is 1. The van der Waals surface area contributed by atoms with E-state index < -0.39 is 11.9 Å². The number of ether oxygens (including phenoxy) is 3. The molecule has 7 nitrogen and oxygen atoms in total. The monoisotopic (exact) mass is 331 g/mol. The van der Waals surface area contributed by atoms with Crippen LogP contribution in [0.25, 0.3) is 11.0 Å². The maximum Gasteiger partial charge on any atom is 0.355 e. The highest BCUT2D eigenvalue weighted by atomic mass is 16.5. The Kier molecular flexibility index (Phi) is 4.26. The molecule has 0 unspecified atom stereocenters. The number of methoxy groups -OCH3 is 2. The Morgan fingerprint density at radius 2 is 1.88 bits per heavy atom. The quantitative estimate of drug-likeness (QED) is 0.797. The topological polar surface area (TPSA) is 78.2 Å². The average Bonchev–Trinajstić information content (AvgIpc) is 2.98. The van der Waals surface area contributed by atoms with E-state index in [0.717, 1.165) is 16.7 Å². The van der Waals surface area contributed by atoms with Gasteiger partial charge in [-0.3, -0.25) is 0 Å². The lowest BCUT2D eigenvalue weighted by Gasteiger charge is -2.31. The number of hydrogen-bond acceptors (Lipinski definition) is 7. The SMILES string of the molecule is COC(=O)C1=C(C(=O)OC)N(c2ccc3oc(C)cc3c2)COC1. The number of nitrogens with zero attached hydrogens (tertiary/aromatic N) is 1. The van der Waals surface area contributed by atoms with Crippen molar-refractivity contribution in [3.05, 3.63) is 41.3 Å². The Morgan fingerprint density at radius 3 is 2.58 bits per heavy atom. The molecule has 1 aliphatic heterocycles. The molecular formula is C17H17NO6. The van der Waals surface area contributed by atoms with E-state index in [2.05, 4.69) is 0 Å². The minimum atomic E-state index is -0.625. The van der Waals surface area contributed by atoms with Crippen LogP contribution in [0.4, 0.5) is 5.69 Å². The fourth-order valence-electron chi connectivity index (χ4n) is 2.68. The second-order valence-corrected chi connectivity index (χ2v) is 5.30. The zero-order chi connectivity index (χ0) is 17.3. The molecule has 7 heteroatoms. The van der Waals surface area contributed by atoms with Gasteiger partial charge in [0.2, 0.25) is 0 Å². The summed E-state index contributed by atoms with van der Waals surface area (Å²) in [6.07, 6.45) is 0. The van der Waals surface area contributed by atoms with Gasteiger partial charge in [0.15, 0.2) is 0 Å². The van der Waals surface area contributed by atoms with E-state index in [1.165, 1.54) is 14.2 Å². The third-order valence-corrected chi connectivity index (χ3v) is 3.77. The van der Waals surface area contributed by atoms with E-state index in [0.29, 0.717) is 5.69 Å². The number of furan rings is 1. The Balaban J connectivity index is 2.11. The molecule has 0 fully saturated rings. The van der Waals surface area contributed by atoms with E-state index in [4.69, 9.17) is 18.6 Å². The lowest BCUT2D eigenvalue weighted by Crippen LogP contribution is -2.38. The van der Waals surface area contributed by atoms with Crippen molar-refractivity contribution in [2.24, 2.45) is 0 Å². The first-order valence-electron chi connectivity index (χ1n) is 7.30. The predicted octanol–water partition coefficient (Wildman–Crippen LogP) is 2.14. The highest BCUT2D eigenvalue weighted by Crippen LogP contribution is 2.30. The molecule has 0 atom stereocenters. The molecule has 3 rings (SSSR count). The molecular weight excluding hydrogens is 314 g/mol. The van der Waals surface area contributed by atoms with Crippen LogP contribution >= 0.6 is 0 Å². The number of anilines is 1. The van der Waals surface area contributed by atoms with Gasteiger partial charge < -0.3 is 23.5 Å². The number of rotatable bonds is 3. The van der Waals surface area contributed by atoms with Crippen molar-refractivity contribution >= 4 is 28.6 Å². The van der Waals surface area contributed by atoms with E-state index in [1.54, 1.807) is 17.0 Å². The lowest BCUT2D eigenvalue weighted by molar-refractivity contribution is -0.140. The third kappa shape index (κ3) is 2.74. The molecule has 0 saturated heterocycles. The van der Waals surface area contributed by atoms with E-state index >= 15 is 0 Å².